The first-order valence-corrected chi connectivity index (χ1v) is 10.6. The van der Waals surface area contributed by atoms with E-state index in [4.69, 9.17) is 22.1 Å². The molecular formula is C24H25N5OS. The van der Waals surface area contributed by atoms with Crippen molar-refractivity contribution in [2.45, 2.75) is 13.2 Å². The van der Waals surface area contributed by atoms with Crippen LogP contribution in [0.1, 0.15) is 5.56 Å². The van der Waals surface area contributed by atoms with Crippen LogP contribution in [0, 0.1) is 4.77 Å². The molecule has 0 fully saturated rings. The molecule has 0 N–H and O–H groups in total. The number of para-hydroxylation sites is 1. The number of pyridine rings is 1. The van der Waals surface area contributed by atoms with E-state index < -0.39 is 0 Å². The Morgan fingerprint density at radius 2 is 1.61 bits per heavy atom. The van der Waals surface area contributed by atoms with Gasteiger partial charge in [0.25, 0.3) is 0 Å². The van der Waals surface area contributed by atoms with Crippen molar-refractivity contribution in [2.75, 3.05) is 20.2 Å². The molecule has 2 aromatic heterocycles. The van der Waals surface area contributed by atoms with Crippen LogP contribution in [0.3, 0.4) is 0 Å². The van der Waals surface area contributed by atoms with Crippen LogP contribution in [0.15, 0.2) is 85.2 Å². The van der Waals surface area contributed by atoms with Gasteiger partial charge in [0, 0.05) is 24.5 Å². The second-order valence-corrected chi connectivity index (χ2v) is 7.66. The summed E-state index contributed by atoms with van der Waals surface area (Å²) in [7, 11) is 2.04. The summed E-state index contributed by atoms with van der Waals surface area (Å²) >= 11 is 5.81. The number of likely N-dealkylation sites (N-methyl/N-ethyl adjacent to an activating group) is 1. The highest BCUT2D eigenvalue weighted by atomic mass is 32.1. The second kappa shape index (κ2) is 10.1. The highest BCUT2D eigenvalue weighted by Crippen LogP contribution is 2.19. The fourth-order valence-electron chi connectivity index (χ4n) is 3.29. The lowest BCUT2D eigenvalue weighted by Gasteiger charge is -2.16. The largest absolute Gasteiger partial charge is 0.492 e. The van der Waals surface area contributed by atoms with Crippen LogP contribution >= 0.6 is 12.2 Å². The molecule has 0 saturated carbocycles. The number of benzene rings is 2. The van der Waals surface area contributed by atoms with Gasteiger partial charge in [0.15, 0.2) is 10.6 Å². The minimum absolute atomic E-state index is 0.580. The van der Waals surface area contributed by atoms with Crippen LogP contribution in [-0.2, 0) is 13.2 Å². The molecule has 2 heterocycles. The minimum Gasteiger partial charge on any atom is -0.492 e. The molecule has 158 valence electrons. The van der Waals surface area contributed by atoms with Crippen molar-refractivity contribution in [1.29, 1.82) is 0 Å². The molecular weight excluding hydrogens is 406 g/mol. The normalized spacial score (nSPS) is 11.0. The van der Waals surface area contributed by atoms with E-state index in [1.54, 1.807) is 12.4 Å². The Hall–Kier alpha value is -3.29. The summed E-state index contributed by atoms with van der Waals surface area (Å²) in [4.78, 5) is 6.28. The quantitative estimate of drug-likeness (QED) is 0.366. The van der Waals surface area contributed by atoms with Crippen molar-refractivity contribution in [2.24, 2.45) is 0 Å². The zero-order valence-corrected chi connectivity index (χ0v) is 18.3. The number of ether oxygens (including phenoxy) is 1. The summed E-state index contributed by atoms with van der Waals surface area (Å²) in [5, 5.41) is 4.85. The van der Waals surface area contributed by atoms with Gasteiger partial charge >= 0.3 is 0 Å². The highest BCUT2D eigenvalue weighted by molar-refractivity contribution is 7.71. The van der Waals surface area contributed by atoms with Crippen LogP contribution in [0.5, 0.6) is 5.75 Å². The van der Waals surface area contributed by atoms with Crippen LogP contribution in [0.4, 0.5) is 0 Å². The van der Waals surface area contributed by atoms with Gasteiger partial charge in [-0.3, -0.25) is 14.5 Å². The van der Waals surface area contributed by atoms with Crippen molar-refractivity contribution in [3.05, 3.63) is 95.5 Å². The first kappa shape index (κ1) is 21.0. The Bertz CT molecular complexity index is 1140. The third kappa shape index (κ3) is 5.45. The molecule has 0 bridgehead atoms. The predicted molar refractivity (Wildman–Crippen MR) is 124 cm³/mol. The number of hydrogen-bond donors (Lipinski definition) is 0. The third-order valence-electron chi connectivity index (χ3n) is 4.91. The van der Waals surface area contributed by atoms with Gasteiger partial charge in [-0.25, -0.2) is 4.68 Å². The Labute approximate surface area is 187 Å². The fourth-order valence-corrected chi connectivity index (χ4v) is 3.54. The van der Waals surface area contributed by atoms with E-state index in [0.29, 0.717) is 24.6 Å². The number of hydrogen-bond acceptors (Lipinski definition) is 5. The lowest BCUT2D eigenvalue weighted by molar-refractivity contribution is 0.198. The van der Waals surface area contributed by atoms with E-state index in [0.717, 1.165) is 23.7 Å². The Morgan fingerprint density at radius 3 is 2.32 bits per heavy atom. The molecule has 0 atom stereocenters. The van der Waals surface area contributed by atoms with Gasteiger partial charge in [0.05, 0.1) is 13.2 Å². The molecule has 6 nitrogen and oxygen atoms in total. The van der Waals surface area contributed by atoms with Gasteiger partial charge in [-0.05, 0) is 49.1 Å². The lowest BCUT2D eigenvalue weighted by atomic mass is 10.2. The monoisotopic (exact) mass is 431 g/mol. The van der Waals surface area contributed by atoms with E-state index in [-0.39, 0.29) is 0 Å². The van der Waals surface area contributed by atoms with Crippen LogP contribution in [0.2, 0.25) is 0 Å². The number of aromatic nitrogens is 4. The van der Waals surface area contributed by atoms with Gasteiger partial charge in [-0.1, -0.05) is 48.5 Å². The Kier molecular flexibility index (Phi) is 6.86. The van der Waals surface area contributed by atoms with Gasteiger partial charge in [0.2, 0.25) is 0 Å². The van der Waals surface area contributed by atoms with E-state index in [1.165, 1.54) is 5.56 Å². The molecule has 4 aromatic rings. The van der Waals surface area contributed by atoms with Gasteiger partial charge in [-0.15, -0.1) is 0 Å². The van der Waals surface area contributed by atoms with Crippen LogP contribution in [0.25, 0.3) is 11.4 Å². The molecule has 0 aliphatic rings. The summed E-state index contributed by atoms with van der Waals surface area (Å²) in [6, 6.07) is 24.1. The zero-order chi connectivity index (χ0) is 21.5. The van der Waals surface area contributed by atoms with Crippen molar-refractivity contribution < 1.29 is 4.74 Å². The molecule has 31 heavy (non-hydrogen) atoms. The Morgan fingerprint density at radius 1 is 0.935 bits per heavy atom. The lowest BCUT2D eigenvalue weighted by Crippen LogP contribution is -2.27. The molecule has 0 unspecified atom stereocenters. The molecule has 0 aliphatic carbocycles. The van der Waals surface area contributed by atoms with Crippen LogP contribution < -0.4 is 4.74 Å². The van der Waals surface area contributed by atoms with Gasteiger partial charge < -0.3 is 4.74 Å². The summed E-state index contributed by atoms with van der Waals surface area (Å²) in [6.07, 6.45) is 3.55. The Balaban J connectivity index is 1.51. The number of nitrogens with zero attached hydrogens (tertiary/aromatic N) is 5. The maximum absolute atomic E-state index is 5.81. The van der Waals surface area contributed by atoms with Crippen molar-refractivity contribution in [1.82, 2.24) is 24.2 Å². The molecule has 2 aromatic carbocycles. The fraction of sp³-hybridized carbons (Fsp3) is 0.208. The number of rotatable bonds is 9. The summed E-state index contributed by atoms with van der Waals surface area (Å²) in [6.45, 7) is 2.59. The summed E-state index contributed by atoms with van der Waals surface area (Å²) in [5.41, 5.74) is 2.17. The van der Waals surface area contributed by atoms with E-state index in [9.17, 15) is 0 Å². The summed E-state index contributed by atoms with van der Waals surface area (Å²) < 4.78 is 10.4. The van der Waals surface area contributed by atoms with Crippen molar-refractivity contribution >= 4 is 12.2 Å². The average Bonchev–Trinajstić information content (AvgIpc) is 3.11. The molecule has 7 heteroatoms. The van der Waals surface area contributed by atoms with Crippen molar-refractivity contribution in [3.63, 3.8) is 0 Å². The van der Waals surface area contributed by atoms with Crippen molar-refractivity contribution in [3.8, 4) is 17.1 Å². The third-order valence-corrected chi connectivity index (χ3v) is 5.34. The predicted octanol–water partition coefficient (Wildman–Crippen LogP) is 4.49. The molecule has 0 spiro atoms. The maximum Gasteiger partial charge on any atom is 0.199 e. The minimum atomic E-state index is 0.580. The van der Waals surface area contributed by atoms with Gasteiger partial charge in [0.1, 0.15) is 12.4 Å². The highest BCUT2D eigenvalue weighted by Gasteiger charge is 2.14. The molecule has 0 aliphatic heterocycles. The maximum atomic E-state index is 5.81. The molecule has 0 amide bonds. The average molecular weight is 432 g/mol. The first-order chi connectivity index (χ1) is 15.2. The van der Waals surface area contributed by atoms with Crippen LogP contribution in [-0.4, -0.2) is 44.4 Å². The summed E-state index contributed by atoms with van der Waals surface area (Å²) in [5.74, 6) is 1.71. The first-order valence-electron chi connectivity index (χ1n) is 10.2. The molecule has 0 saturated heterocycles. The van der Waals surface area contributed by atoms with E-state index in [2.05, 4.69) is 26.6 Å². The molecule has 4 rings (SSSR count). The smallest absolute Gasteiger partial charge is 0.199 e. The topological polar surface area (TPSA) is 48.1 Å². The zero-order valence-electron chi connectivity index (χ0n) is 17.5. The van der Waals surface area contributed by atoms with E-state index >= 15 is 0 Å². The SMILES string of the molecule is CN(CCOc1ccccc1)Cn1nc(-c2ccncc2)n(Cc2ccccc2)c1=S. The standard InChI is InChI=1S/C24H25N5OS/c1-27(16-17-30-22-10-6-3-7-11-22)19-29-24(31)28(18-20-8-4-2-5-9-20)23(26-29)21-12-14-25-15-13-21/h2-15H,16-19H2,1H3. The van der Waals surface area contributed by atoms with E-state index in [1.807, 2.05) is 72.4 Å². The van der Waals surface area contributed by atoms with Gasteiger partial charge in [-0.2, -0.15) is 5.10 Å². The molecule has 0 radical (unpaired) electrons. The second-order valence-electron chi connectivity index (χ2n) is 7.30.